The van der Waals surface area contributed by atoms with E-state index in [-0.39, 0.29) is 0 Å². The lowest BCUT2D eigenvalue weighted by atomic mass is 10.1. The number of likely N-dealkylation sites (tertiary alicyclic amines) is 1. The number of ether oxygens (including phenoxy) is 1. The van der Waals surface area contributed by atoms with Gasteiger partial charge in [0.2, 0.25) is 0 Å². The molecule has 1 N–H and O–H groups in total. The number of methoxy groups -OCH3 is 1. The van der Waals surface area contributed by atoms with E-state index in [0.717, 1.165) is 17.9 Å². The molecule has 1 aromatic carbocycles. The minimum absolute atomic E-state index is 0.466. The molecule has 0 radical (unpaired) electrons. The second-order valence-corrected chi connectivity index (χ2v) is 4.74. The van der Waals surface area contributed by atoms with Gasteiger partial charge in [-0.2, -0.15) is 0 Å². The third-order valence-corrected chi connectivity index (χ3v) is 3.60. The summed E-state index contributed by atoms with van der Waals surface area (Å²) in [6, 6.07) is 8.28. The molecule has 1 aliphatic heterocycles. The molecule has 2 rings (SSSR count). The first-order valence-electron chi connectivity index (χ1n) is 6.27. The number of nitrogens with zero attached hydrogens (tertiary/aromatic N) is 1. The quantitative estimate of drug-likeness (QED) is 0.868. The third-order valence-electron chi connectivity index (χ3n) is 3.60. The molecular formula is C14H21NO2. The Labute approximate surface area is 103 Å². The highest BCUT2D eigenvalue weighted by molar-refractivity contribution is 5.35. The van der Waals surface area contributed by atoms with Gasteiger partial charge in [0.25, 0.3) is 0 Å². The Morgan fingerprint density at radius 3 is 2.88 bits per heavy atom. The predicted molar refractivity (Wildman–Crippen MR) is 68.2 cm³/mol. The summed E-state index contributed by atoms with van der Waals surface area (Å²) in [6.07, 6.45) is 2.00. The summed E-state index contributed by atoms with van der Waals surface area (Å²) in [5.74, 6) is 0.770. The summed E-state index contributed by atoms with van der Waals surface area (Å²) in [6.45, 7) is 4.01. The molecule has 0 aromatic heterocycles. The lowest BCUT2D eigenvalue weighted by Crippen LogP contribution is -2.31. The van der Waals surface area contributed by atoms with Gasteiger partial charge >= 0.3 is 0 Å². The minimum atomic E-state index is -0.466. The Bertz CT molecular complexity index is 367. The molecule has 3 heteroatoms. The number of para-hydroxylation sites is 1. The second-order valence-electron chi connectivity index (χ2n) is 4.74. The van der Waals surface area contributed by atoms with Gasteiger partial charge in [-0.1, -0.05) is 18.2 Å². The van der Waals surface area contributed by atoms with E-state index in [1.165, 1.54) is 12.8 Å². The first kappa shape index (κ1) is 12.4. The van der Waals surface area contributed by atoms with Gasteiger partial charge in [-0.05, 0) is 32.4 Å². The van der Waals surface area contributed by atoms with Crippen LogP contribution in [0, 0.1) is 0 Å². The van der Waals surface area contributed by atoms with E-state index < -0.39 is 6.10 Å². The molecule has 0 spiro atoms. The normalized spacial score (nSPS) is 22.6. The Morgan fingerprint density at radius 1 is 1.47 bits per heavy atom. The monoisotopic (exact) mass is 235 g/mol. The van der Waals surface area contributed by atoms with Crippen LogP contribution in [0.4, 0.5) is 0 Å². The molecule has 2 atom stereocenters. The minimum Gasteiger partial charge on any atom is -0.496 e. The fourth-order valence-corrected chi connectivity index (χ4v) is 2.53. The fourth-order valence-electron chi connectivity index (χ4n) is 2.53. The van der Waals surface area contributed by atoms with Crippen molar-refractivity contribution < 1.29 is 9.84 Å². The van der Waals surface area contributed by atoms with Crippen LogP contribution in [0.5, 0.6) is 5.75 Å². The lowest BCUT2D eigenvalue weighted by molar-refractivity contribution is 0.108. The maximum absolute atomic E-state index is 10.3. The zero-order valence-electron chi connectivity index (χ0n) is 10.6. The average molecular weight is 235 g/mol. The molecule has 0 aliphatic carbocycles. The van der Waals surface area contributed by atoms with Gasteiger partial charge in [0.15, 0.2) is 0 Å². The number of hydrogen-bond donors (Lipinski definition) is 1. The van der Waals surface area contributed by atoms with Crippen molar-refractivity contribution >= 4 is 0 Å². The van der Waals surface area contributed by atoms with Crippen molar-refractivity contribution in [1.82, 2.24) is 4.90 Å². The van der Waals surface area contributed by atoms with E-state index in [2.05, 4.69) is 11.8 Å². The summed E-state index contributed by atoms with van der Waals surface area (Å²) in [4.78, 5) is 2.34. The van der Waals surface area contributed by atoms with Crippen LogP contribution in [0.2, 0.25) is 0 Å². The van der Waals surface area contributed by atoms with E-state index in [1.54, 1.807) is 7.11 Å². The predicted octanol–water partition coefficient (Wildman–Crippen LogP) is 2.21. The summed E-state index contributed by atoms with van der Waals surface area (Å²) < 4.78 is 5.28. The molecule has 94 valence electrons. The van der Waals surface area contributed by atoms with Crippen LogP contribution in [-0.4, -0.2) is 36.2 Å². The van der Waals surface area contributed by atoms with Crippen LogP contribution in [-0.2, 0) is 0 Å². The van der Waals surface area contributed by atoms with Crippen LogP contribution in [0.15, 0.2) is 24.3 Å². The SMILES string of the molecule is COc1ccccc1C(O)CN1CCCC1C. The number of aliphatic hydroxyl groups is 1. The maximum atomic E-state index is 10.3. The van der Waals surface area contributed by atoms with E-state index in [0.29, 0.717) is 12.6 Å². The van der Waals surface area contributed by atoms with Crippen LogP contribution >= 0.6 is 0 Å². The molecular weight excluding hydrogens is 214 g/mol. The molecule has 0 bridgehead atoms. The van der Waals surface area contributed by atoms with Crippen molar-refractivity contribution in [3.05, 3.63) is 29.8 Å². The summed E-state index contributed by atoms with van der Waals surface area (Å²) >= 11 is 0. The van der Waals surface area contributed by atoms with Gasteiger partial charge in [-0.25, -0.2) is 0 Å². The van der Waals surface area contributed by atoms with Gasteiger partial charge < -0.3 is 9.84 Å². The molecule has 1 saturated heterocycles. The maximum Gasteiger partial charge on any atom is 0.124 e. The van der Waals surface area contributed by atoms with Gasteiger partial charge in [0.05, 0.1) is 13.2 Å². The van der Waals surface area contributed by atoms with E-state index in [4.69, 9.17) is 4.74 Å². The highest BCUT2D eigenvalue weighted by Crippen LogP contribution is 2.27. The lowest BCUT2D eigenvalue weighted by Gasteiger charge is -2.25. The zero-order chi connectivity index (χ0) is 12.3. The number of β-amino-alcohol motifs (C(OH)–C–C–N with tert-alkyl or cyclic N) is 1. The van der Waals surface area contributed by atoms with E-state index >= 15 is 0 Å². The first-order chi connectivity index (χ1) is 8.22. The van der Waals surface area contributed by atoms with E-state index in [9.17, 15) is 5.11 Å². The van der Waals surface area contributed by atoms with Crippen LogP contribution in [0.25, 0.3) is 0 Å². The Kier molecular flexibility index (Phi) is 4.02. The van der Waals surface area contributed by atoms with Crippen LogP contribution in [0.3, 0.4) is 0 Å². The summed E-state index contributed by atoms with van der Waals surface area (Å²) in [5, 5.41) is 10.3. The van der Waals surface area contributed by atoms with Crippen molar-refractivity contribution in [3.8, 4) is 5.75 Å². The van der Waals surface area contributed by atoms with Crippen molar-refractivity contribution in [2.24, 2.45) is 0 Å². The topological polar surface area (TPSA) is 32.7 Å². The largest absolute Gasteiger partial charge is 0.496 e. The second kappa shape index (κ2) is 5.52. The first-order valence-corrected chi connectivity index (χ1v) is 6.27. The standard InChI is InChI=1S/C14H21NO2/c1-11-6-5-9-15(11)10-13(16)12-7-3-4-8-14(12)17-2/h3-4,7-8,11,13,16H,5-6,9-10H2,1-2H3. The molecule has 1 fully saturated rings. The Balaban J connectivity index is 2.06. The van der Waals surface area contributed by atoms with Crippen molar-refractivity contribution in [3.63, 3.8) is 0 Å². The average Bonchev–Trinajstić information content (AvgIpc) is 2.75. The zero-order valence-corrected chi connectivity index (χ0v) is 10.6. The third kappa shape index (κ3) is 2.79. The molecule has 1 aromatic rings. The molecule has 2 unspecified atom stereocenters. The van der Waals surface area contributed by atoms with E-state index in [1.807, 2.05) is 24.3 Å². The van der Waals surface area contributed by atoms with Crippen LogP contribution in [0.1, 0.15) is 31.4 Å². The van der Waals surface area contributed by atoms with Crippen molar-refractivity contribution in [1.29, 1.82) is 0 Å². The van der Waals surface area contributed by atoms with Gasteiger partial charge in [0.1, 0.15) is 5.75 Å². The highest BCUT2D eigenvalue weighted by atomic mass is 16.5. The number of aliphatic hydroxyl groups excluding tert-OH is 1. The van der Waals surface area contributed by atoms with Crippen LogP contribution < -0.4 is 4.74 Å². The molecule has 0 amide bonds. The smallest absolute Gasteiger partial charge is 0.124 e. The molecule has 1 aliphatic rings. The van der Waals surface area contributed by atoms with Crippen molar-refractivity contribution in [2.45, 2.75) is 31.9 Å². The number of rotatable bonds is 4. The Hall–Kier alpha value is -1.06. The summed E-state index contributed by atoms with van der Waals surface area (Å²) in [7, 11) is 1.64. The summed E-state index contributed by atoms with van der Waals surface area (Å²) in [5.41, 5.74) is 0.883. The van der Waals surface area contributed by atoms with Gasteiger partial charge in [-0.15, -0.1) is 0 Å². The highest BCUT2D eigenvalue weighted by Gasteiger charge is 2.24. The Morgan fingerprint density at radius 2 is 2.24 bits per heavy atom. The molecule has 0 saturated carbocycles. The molecule has 1 heterocycles. The van der Waals surface area contributed by atoms with Crippen molar-refractivity contribution in [2.75, 3.05) is 20.2 Å². The molecule has 3 nitrogen and oxygen atoms in total. The molecule has 17 heavy (non-hydrogen) atoms. The number of benzene rings is 1. The number of hydrogen-bond acceptors (Lipinski definition) is 3. The van der Waals surface area contributed by atoms with Gasteiger partial charge in [0, 0.05) is 18.2 Å². The van der Waals surface area contributed by atoms with Gasteiger partial charge in [-0.3, -0.25) is 4.90 Å². The fraction of sp³-hybridized carbons (Fsp3) is 0.571.